The maximum atomic E-state index is 12.1. The lowest BCUT2D eigenvalue weighted by atomic mass is 10.1. The highest BCUT2D eigenvalue weighted by Crippen LogP contribution is 2.22. The molecule has 1 heterocycles. The number of fused-ring (bicyclic) bond motifs is 1. The highest BCUT2D eigenvalue weighted by molar-refractivity contribution is 5.99. The smallest absolute Gasteiger partial charge is 0.251 e. The molecule has 0 saturated carbocycles. The van der Waals surface area contributed by atoms with Crippen LogP contribution >= 0.6 is 0 Å². The monoisotopic (exact) mass is 273 g/mol. The summed E-state index contributed by atoms with van der Waals surface area (Å²) < 4.78 is 0. The van der Waals surface area contributed by atoms with Crippen molar-refractivity contribution in [3.8, 4) is 0 Å². The van der Waals surface area contributed by atoms with Gasteiger partial charge in [0.25, 0.3) is 5.91 Å². The Morgan fingerprint density at radius 3 is 2.75 bits per heavy atom. The van der Waals surface area contributed by atoms with Gasteiger partial charge in [-0.25, -0.2) is 0 Å². The van der Waals surface area contributed by atoms with Crippen molar-refractivity contribution in [3.63, 3.8) is 0 Å². The Labute approximate surface area is 120 Å². The average Bonchev–Trinajstić information content (AvgIpc) is 2.69. The van der Waals surface area contributed by atoms with Gasteiger partial charge in [-0.2, -0.15) is 0 Å². The highest BCUT2D eigenvalue weighted by Gasteiger charge is 2.09. The molecule has 0 atom stereocenters. The SMILES string of the molecule is Cc1[nH]c2ccc(C(=O)NCCCN(C)C)cc2c1C. The normalized spacial score (nSPS) is 11.2. The molecular weight excluding hydrogens is 250 g/mol. The van der Waals surface area contributed by atoms with Crippen molar-refractivity contribution < 1.29 is 4.79 Å². The lowest BCUT2D eigenvalue weighted by Gasteiger charge is -2.10. The summed E-state index contributed by atoms with van der Waals surface area (Å²) in [4.78, 5) is 17.6. The number of hydrogen-bond donors (Lipinski definition) is 2. The van der Waals surface area contributed by atoms with E-state index >= 15 is 0 Å². The molecule has 20 heavy (non-hydrogen) atoms. The standard InChI is InChI=1S/C16H23N3O/c1-11-12(2)18-15-7-6-13(10-14(11)15)16(20)17-8-5-9-19(3)4/h6-7,10,18H,5,8-9H2,1-4H3,(H,17,20). The van der Waals surface area contributed by atoms with Crippen LogP contribution in [0.5, 0.6) is 0 Å². The van der Waals surface area contributed by atoms with E-state index < -0.39 is 0 Å². The summed E-state index contributed by atoms with van der Waals surface area (Å²) in [5.74, 6) is 0.00362. The highest BCUT2D eigenvalue weighted by atomic mass is 16.1. The quantitative estimate of drug-likeness (QED) is 0.822. The van der Waals surface area contributed by atoms with E-state index in [9.17, 15) is 4.79 Å². The summed E-state index contributed by atoms with van der Waals surface area (Å²) in [5.41, 5.74) is 4.18. The van der Waals surface area contributed by atoms with E-state index in [0.717, 1.165) is 35.1 Å². The zero-order chi connectivity index (χ0) is 14.7. The van der Waals surface area contributed by atoms with Gasteiger partial charge in [-0.15, -0.1) is 0 Å². The van der Waals surface area contributed by atoms with Crippen LogP contribution in [-0.4, -0.2) is 43.0 Å². The summed E-state index contributed by atoms with van der Waals surface area (Å²) in [6.07, 6.45) is 0.962. The molecule has 0 spiro atoms. The number of rotatable bonds is 5. The van der Waals surface area contributed by atoms with Crippen molar-refractivity contribution in [3.05, 3.63) is 35.0 Å². The van der Waals surface area contributed by atoms with Gasteiger partial charge in [-0.3, -0.25) is 4.79 Å². The predicted molar refractivity (Wildman–Crippen MR) is 83.3 cm³/mol. The molecule has 1 amide bonds. The number of aryl methyl sites for hydroxylation is 2. The largest absolute Gasteiger partial charge is 0.358 e. The molecule has 1 aromatic carbocycles. The van der Waals surface area contributed by atoms with Crippen LogP contribution in [0.25, 0.3) is 10.9 Å². The van der Waals surface area contributed by atoms with Crippen molar-refractivity contribution in [1.82, 2.24) is 15.2 Å². The van der Waals surface area contributed by atoms with Gasteiger partial charge in [0.15, 0.2) is 0 Å². The third-order valence-electron chi connectivity index (χ3n) is 3.64. The van der Waals surface area contributed by atoms with Crippen LogP contribution in [0.1, 0.15) is 28.0 Å². The molecule has 0 saturated heterocycles. The van der Waals surface area contributed by atoms with Crippen LogP contribution in [0.3, 0.4) is 0 Å². The summed E-state index contributed by atoms with van der Waals surface area (Å²) in [5, 5.41) is 4.10. The van der Waals surface area contributed by atoms with E-state index in [1.54, 1.807) is 0 Å². The van der Waals surface area contributed by atoms with Crippen molar-refractivity contribution in [1.29, 1.82) is 0 Å². The number of benzene rings is 1. The number of carbonyl (C=O) groups excluding carboxylic acids is 1. The molecule has 2 N–H and O–H groups in total. The van der Waals surface area contributed by atoms with Crippen molar-refractivity contribution in [2.45, 2.75) is 20.3 Å². The molecule has 0 aliphatic heterocycles. The second kappa shape index (κ2) is 6.09. The second-order valence-corrected chi connectivity index (χ2v) is 5.55. The first kappa shape index (κ1) is 14.6. The van der Waals surface area contributed by atoms with Gasteiger partial charge in [0.05, 0.1) is 0 Å². The minimum Gasteiger partial charge on any atom is -0.358 e. The molecule has 0 unspecified atom stereocenters. The van der Waals surface area contributed by atoms with Gasteiger partial charge < -0.3 is 15.2 Å². The van der Waals surface area contributed by atoms with Gasteiger partial charge in [0, 0.05) is 28.7 Å². The minimum absolute atomic E-state index is 0.00362. The molecule has 2 rings (SSSR count). The summed E-state index contributed by atoms with van der Waals surface area (Å²) in [6.45, 7) is 5.82. The predicted octanol–water partition coefficient (Wildman–Crippen LogP) is 2.47. The zero-order valence-corrected chi connectivity index (χ0v) is 12.7. The topological polar surface area (TPSA) is 48.1 Å². The fourth-order valence-corrected chi connectivity index (χ4v) is 2.30. The first-order chi connectivity index (χ1) is 9.49. The minimum atomic E-state index is 0.00362. The van der Waals surface area contributed by atoms with Crippen LogP contribution in [0.15, 0.2) is 18.2 Å². The molecule has 4 nitrogen and oxygen atoms in total. The van der Waals surface area contributed by atoms with Crippen LogP contribution in [-0.2, 0) is 0 Å². The fraction of sp³-hybridized carbons (Fsp3) is 0.438. The van der Waals surface area contributed by atoms with E-state index in [2.05, 4.69) is 29.0 Å². The number of nitrogens with zero attached hydrogens (tertiary/aromatic N) is 1. The van der Waals surface area contributed by atoms with Crippen molar-refractivity contribution >= 4 is 16.8 Å². The number of aromatic amines is 1. The molecule has 0 radical (unpaired) electrons. The van der Waals surface area contributed by atoms with Gasteiger partial charge >= 0.3 is 0 Å². The zero-order valence-electron chi connectivity index (χ0n) is 12.7. The van der Waals surface area contributed by atoms with Crippen LogP contribution in [0.2, 0.25) is 0 Å². The Hall–Kier alpha value is -1.81. The van der Waals surface area contributed by atoms with Crippen molar-refractivity contribution in [2.24, 2.45) is 0 Å². The fourth-order valence-electron chi connectivity index (χ4n) is 2.30. The molecule has 1 aromatic heterocycles. The van der Waals surface area contributed by atoms with Crippen LogP contribution in [0, 0.1) is 13.8 Å². The molecule has 108 valence electrons. The number of H-pyrrole nitrogens is 1. The van der Waals surface area contributed by atoms with E-state index in [-0.39, 0.29) is 5.91 Å². The molecule has 2 aromatic rings. The number of aromatic nitrogens is 1. The molecule has 0 aliphatic rings. The Morgan fingerprint density at radius 2 is 2.05 bits per heavy atom. The summed E-state index contributed by atoms with van der Waals surface area (Å²) in [6, 6.07) is 5.82. The van der Waals surface area contributed by atoms with Gasteiger partial charge in [-0.05, 0) is 64.7 Å². The third kappa shape index (κ3) is 3.20. The van der Waals surface area contributed by atoms with E-state index in [1.165, 1.54) is 5.56 Å². The number of hydrogen-bond acceptors (Lipinski definition) is 2. The van der Waals surface area contributed by atoms with Gasteiger partial charge in [-0.1, -0.05) is 0 Å². The Bertz CT molecular complexity index is 613. The number of carbonyl (C=O) groups is 1. The van der Waals surface area contributed by atoms with E-state index in [4.69, 9.17) is 0 Å². The molecule has 0 aliphatic carbocycles. The maximum absolute atomic E-state index is 12.1. The van der Waals surface area contributed by atoms with Gasteiger partial charge in [0.2, 0.25) is 0 Å². The van der Waals surface area contributed by atoms with E-state index in [0.29, 0.717) is 6.54 Å². The average molecular weight is 273 g/mol. The van der Waals surface area contributed by atoms with Crippen LogP contribution < -0.4 is 5.32 Å². The molecule has 0 fully saturated rings. The number of amides is 1. The van der Waals surface area contributed by atoms with Crippen LogP contribution in [0.4, 0.5) is 0 Å². The van der Waals surface area contributed by atoms with Crippen molar-refractivity contribution in [2.75, 3.05) is 27.2 Å². The molecular formula is C16H23N3O. The summed E-state index contributed by atoms with van der Waals surface area (Å²) >= 11 is 0. The first-order valence-corrected chi connectivity index (χ1v) is 7.01. The lowest BCUT2D eigenvalue weighted by Crippen LogP contribution is -2.27. The summed E-state index contributed by atoms with van der Waals surface area (Å²) in [7, 11) is 4.07. The Balaban J connectivity index is 2.05. The Morgan fingerprint density at radius 1 is 1.30 bits per heavy atom. The van der Waals surface area contributed by atoms with Gasteiger partial charge in [0.1, 0.15) is 0 Å². The third-order valence-corrected chi connectivity index (χ3v) is 3.64. The second-order valence-electron chi connectivity index (χ2n) is 5.55. The first-order valence-electron chi connectivity index (χ1n) is 7.01. The lowest BCUT2D eigenvalue weighted by molar-refractivity contribution is 0.0952. The Kier molecular flexibility index (Phi) is 4.45. The number of nitrogens with one attached hydrogen (secondary N) is 2. The molecule has 0 bridgehead atoms. The molecule has 4 heteroatoms. The maximum Gasteiger partial charge on any atom is 0.251 e. The van der Waals surface area contributed by atoms with E-state index in [1.807, 2.05) is 32.3 Å².